The summed E-state index contributed by atoms with van der Waals surface area (Å²) >= 11 is 0. The Morgan fingerprint density at radius 1 is 1.26 bits per heavy atom. The minimum Gasteiger partial charge on any atom is -0.496 e. The number of carbonyl (C=O) groups excluding carboxylic acids is 1. The van der Waals surface area contributed by atoms with Crippen LogP contribution < -0.4 is 4.74 Å². The Morgan fingerprint density at radius 3 is 2.59 bits per heavy atom. The number of nitrogens with zero attached hydrogens (tertiary/aromatic N) is 2. The van der Waals surface area contributed by atoms with E-state index in [9.17, 15) is 10.1 Å². The summed E-state index contributed by atoms with van der Waals surface area (Å²) in [5, 5.41) is 10.4. The predicted molar refractivity (Wildman–Crippen MR) is 102 cm³/mol. The van der Waals surface area contributed by atoms with E-state index in [1.54, 1.807) is 26.2 Å². The first kappa shape index (κ1) is 17.2. The number of rotatable bonds is 5. The fourth-order valence-electron chi connectivity index (χ4n) is 3.43. The van der Waals surface area contributed by atoms with E-state index in [0.717, 1.165) is 22.3 Å². The van der Waals surface area contributed by atoms with Crippen LogP contribution in [0.5, 0.6) is 5.75 Å². The molecule has 0 saturated heterocycles. The van der Waals surface area contributed by atoms with E-state index in [4.69, 9.17) is 9.47 Å². The minimum atomic E-state index is -0.333. The highest BCUT2D eigenvalue weighted by Crippen LogP contribution is 2.46. The Kier molecular flexibility index (Phi) is 4.33. The van der Waals surface area contributed by atoms with E-state index < -0.39 is 0 Å². The molecule has 5 nitrogen and oxygen atoms in total. The summed E-state index contributed by atoms with van der Waals surface area (Å²) in [6, 6.07) is 13.6. The van der Waals surface area contributed by atoms with Crippen LogP contribution in [-0.2, 0) is 4.74 Å². The summed E-state index contributed by atoms with van der Waals surface area (Å²) < 4.78 is 12.6. The maximum absolute atomic E-state index is 11.9. The van der Waals surface area contributed by atoms with Gasteiger partial charge in [-0.15, -0.1) is 0 Å². The quantitative estimate of drug-likeness (QED) is 0.626. The highest BCUT2D eigenvalue weighted by Gasteiger charge is 2.28. The van der Waals surface area contributed by atoms with Gasteiger partial charge in [-0.1, -0.05) is 0 Å². The van der Waals surface area contributed by atoms with Crippen molar-refractivity contribution in [2.45, 2.75) is 25.7 Å². The molecule has 1 fully saturated rings. The molecule has 0 unspecified atom stereocenters. The molecule has 1 aliphatic carbocycles. The van der Waals surface area contributed by atoms with Crippen LogP contribution in [-0.4, -0.2) is 24.3 Å². The molecule has 4 rings (SSSR count). The molecule has 136 valence electrons. The molecule has 0 radical (unpaired) electrons. The lowest BCUT2D eigenvalue weighted by Gasteiger charge is -2.11. The van der Waals surface area contributed by atoms with E-state index in [2.05, 4.69) is 12.1 Å². The van der Waals surface area contributed by atoms with Crippen LogP contribution >= 0.6 is 0 Å². The summed E-state index contributed by atoms with van der Waals surface area (Å²) in [5.41, 5.74) is 4.16. The van der Waals surface area contributed by atoms with Crippen LogP contribution in [0.25, 0.3) is 16.6 Å². The molecule has 0 amide bonds. The number of methoxy groups -OCH3 is 1. The van der Waals surface area contributed by atoms with Gasteiger partial charge < -0.3 is 14.0 Å². The highest BCUT2D eigenvalue weighted by atomic mass is 16.5. The van der Waals surface area contributed by atoms with Crippen molar-refractivity contribution in [1.29, 1.82) is 5.26 Å². The van der Waals surface area contributed by atoms with Gasteiger partial charge in [0.2, 0.25) is 0 Å². The van der Waals surface area contributed by atoms with Gasteiger partial charge in [-0.2, -0.15) is 5.26 Å². The molecule has 0 spiro atoms. The zero-order chi connectivity index (χ0) is 19.0. The van der Waals surface area contributed by atoms with Gasteiger partial charge in [0.15, 0.2) is 0 Å². The second-order valence-corrected chi connectivity index (χ2v) is 6.68. The third-order valence-corrected chi connectivity index (χ3v) is 4.95. The minimum absolute atomic E-state index is 0.333. The molecule has 27 heavy (non-hydrogen) atoms. The summed E-state index contributed by atoms with van der Waals surface area (Å²) in [7, 11) is 1.67. The van der Waals surface area contributed by atoms with Gasteiger partial charge in [-0.3, -0.25) is 0 Å². The van der Waals surface area contributed by atoms with Gasteiger partial charge in [0.1, 0.15) is 11.8 Å². The number of fused-ring (bicyclic) bond motifs is 1. The van der Waals surface area contributed by atoms with Crippen molar-refractivity contribution in [2.24, 2.45) is 0 Å². The maximum atomic E-state index is 11.9. The van der Waals surface area contributed by atoms with Gasteiger partial charge in [0.05, 0.1) is 30.4 Å². The van der Waals surface area contributed by atoms with Crippen molar-refractivity contribution in [2.75, 3.05) is 13.7 Å². The van der Waals surface area contributed by atoms with Crippen molar-refractivity contribution in [1.82, 2.24) is 4.57 Å². The van der Waals surface area contributed by atoms with Crippen molar-refractivity contribution >= 4 is 16.9 Å². The van der Waals surface area contributed by atoms with Crippen LogP contribution in [0.1, 0.15) is 47.2 Å². The van der Waals surface area contributed by atoms with Crippen molar-refractivity contribution in [3.63, 3.8) is 0 Å². The first-order chi connectivity index (χ1) is 13.2. The fourth-order valence-corrected chi connectivity index (χ4v) is 3.43. The van der Waals surface area contributed by atoms with E-state index in [-0.39, 0.29) is 5.97 Å². The molecule has 1 aromatic heterocycles. The lowest BCUT2D eigenvalue weighted by molar-refractivity contribution is 0.0526. The van der Waals surface area contributed by atoms with Crippen LogP contribution in [0.2, 0.25) is 0 Å². The van der Waals surface area contributed by atoms with Crippen LogP contribution in [0.15, 0.2) is 42.6 Å². The third-order valence-electron chi connectivity index (χ3n) is 4.95. The molecular formula is C22H20N2O3. The summed E-state index contributed by atoms with van der Waals surface area (Å²) in [6.07, 6.45) is 4.17. The van der Waals surface area contributed by atoms with Crippen molar-refractivity contribution in [3.05, 3.63) is 59.3 Å². The second-order valence-electron chi connectivity index (χ2n) is 6.68. The van der Waals surface area contributed by atoms with Crippen LogP contribution in [0.4, 0.5) is 0 Å². The third kappa shape index (κ3) is 3.04. The summed E-state index contributed by atoms with van der Waals surface area (Å²) in [6.45, 7) is 2.13. The van der Waals surface area contributed by atoms with Crippen LogP contribution in [0, 0.1) is 11.3 Å². The maximum Gasteiger partial charge on any atom is 0.338 e. The number of esters is 1. The Morgan fingerprint density at radius 2 is 2.00 bits per heavy atom. The molecule has 0 atom stereocenters. The largest absolute Gasteiger partial charge is 0.496 e. The number of ether oxygens (including phenoxy) is 2. The number of hydrogen-bond acceptors (Lipinski definition) is 4. The van der Waals surface area contributed by atoms with Crippen molar-refractivity contribution < 1.29 is 14.3 Å². The Bertz CT molecular complexity index is 1050. The molecule has 1 heterocycles. The zero-order valence-corrected chi connectivity index (χ0v) is 15.4. The lowest BCUT2D eigenvalue weighted by atomic mass is 10.1. The zero-order valence-electron chi connectivity index (χ0n) is 15.4. The number of carbonyl (C=O) groups is 1. The van der Waals surface area contributed by atoms with E-state index in [1.807, 2.05) is 29.0 Å². The molecule has 2 aromatic carbocycles. The first-order valence-corrected chi connectivity index (χ1v) is 9.07. The molecular weight excluding hydrogens is 340 g/mol. The number of hydrogen-bond donors (Lipinski definition) is 0. The SMILES string of the molecule is CCOC(=O)c1ccc(-n2cc(C#N)c3cc(OC)c(C4CC4)cc32)cc1. The smallest absolute Gasteiger partial charge is 0.338 e. The normalized spacial score (nSPS) is 13.4. The van der Waals surface area contributed by atoms with E-state index >= 15 is 0 Å². The molecule has 0 bridgehead atoms. The van der Waals surface area contributed by atoms with Gasteiger partial charge in [0.25, 0.3) is 0 Å². The van der Waals surface area contributed by atoms with Crippen LogP contribution in [0.3, 0.4) is 0 Å². The van der Waals surface area contributed by atoms with E-state index in [0.29, 0.717) is 23.7 Å². The molecule has 1 aliphatic rings. The van der Waals surface area contributed by atoms with Gasteiger partial charge in [0, 0.05) is 17.3 Å². The van der Waals surface area contributed by atoms with Gasteiger partial charge >= 0.3 is 5.97 Å². The standard InChI is InChI=1S/C22H20N2O3/c1-3-27-22(25)15-6-8-17(9-7-15)24-13-16(12-23)18-11-21(26-2)19(10-20(18)24)14-4-5-14/h6-11,13-14H,3-5H2,1-2H3. The highest BCUT2D eigenvalue weighted by molar-refractivity contribution is 5.91. The second kappa shape index (κ2) is 6.81. The predicted octanol–water partition coefficient (Wildman–Crippen LogP) is 4.56. The molecule has 0 N–H and O–H groups in total. The number of nitriles is 1. The fraction of sp³-hybridized carbons (Fsp3) is 0.273. The molecule has 3 aromatic rings. The lowest BCUT2D eigenvalue weighted by Crippen LogP contribution is -2.04. The Labute approximate surface area is 157 Å². The average molecular weight is 360 g/mol. The summed E-state index contributed by atoms with van der Waals surface area (Å²) in [5.74, 6) is 1.04. The molecule has 0 aliphatic heterocycles. The molecule has 5 heteroatoms. The van der Waals surface area contributed by atoms with Crippen molar-refractivity contribution in [3.8, 4) is 17.5 Å². The molecule has 1 saturated carbocycles. The van der Waals surface area contributed by atoms with E-state index in [1.165, 1.54) is 18.4 Å². The van der Waals surface area contributed by atoms with Gasteiger partial charge in [-0.05, 0) is 67.6 Å². The Balaban J connectivity index is 1.83. The van der Waals surface area contributed by atoms with Gasteiger partial charge in [-0.25, -0.2) is 4.79 Å². The summed E-state index contributed by atoms with van der Waals surface area (Å²) in [4.78, 5) is 11.9. The average Bonchev–Trinajstić information content (AvgIpc) is 3.48. The first-order valence-electron chi connectivity index (χ1n) is 9.07. The number of benzene rings is 2. The Hall–Kier alpha value is -3.26. The monoisotopic (exact) mass is 360 g/mol. The number of aromatic nitrogens is 1. The topological polar surface area (TPSA) is 64.2 Å².